The van der Waals surface area contributed by atoms with Gasteiger partial charge in [0.25, 0.3) is 5.60 Å². The Kier molecular flexibility index (Phi) is 7.31. The Labute approximate surface area is 212 Å². The lowest BCUT2D eigenvalue weighted by atomic mass is 9.95. The number of methoxy groups -OCH3 is 2. The summed E-state index contributed by atoms with van der Waals surface area (Å²) in [5.74, 6) is 1.19. The van der Waals surface area contributed by atoms with Gasteiger partial charge in [-0.2, -0.15) is 26.3 Å². The van der Waals surface area contributed by atoms with Gasteiger partial charge < -0.3 is 19.2 Å². The first-order valence-corrected chi connectivity index (χ1v) is 11.8. The van der Waals surface area contributed by atoms with E-state index in [-0.39, 0.29) is 18.9 Å². The van der Waals surface area contributed by atoms with Crippen molar-refractivity contribution in [2.24, 2.45) is 5.16 Å². The van der Waals surface area contributed by atoms with E-state index in [0.717, 1.165) is 11.1 Å². The Morgan fingerprint density at radius 1 is 0.892 bits per heavy atom. The van der Waals surface area contributed by atoms with E-state index in [1.54, 1.807) is 53.4 Å². The minimum atomic E-state index is -5.02. The zero-order valence-corrected chi connectivity index (χ0v) is 20.5. The number of thiophene rings is 1. The molecule has 4 rings (SSSR count). The van der Waals surface area contributed by atoms with Crippen LogP contribution in [0, 0.1) is 0 Å². The standard InChI is InChI=1S/C25H22F6N2O3S/c1-34-19-7-3-16(4-8-19)13-33(14-17-5-9-20(35-2)10-6-17)22-12-23(36-32-22,25(29,30)31)21-11-18(15-37-21)24(26,27)28/h3-11,15H,12-14H2,1-2H3. The summed E-state index contributed by atoms with van der Waals surface area (Å²) in [6.07, 6.45) is -10.6. The van der Waals surface area contributed by atoms with Crippen molar-refractivity contribution in [3.63, 3.8) is 0 Å². The SMILES string of the molecule is COc1ccc(CN(Cc2ccc(OC)cc2)C2=NOC(c3cc(C(F)(F)F)cs3)(C(F)(F)F)C2)cc1. The predicted octanol–water partition coefficient (Wildman–Crippen LogP) is 6.98. The van der Waals surface area contributed by atoms with Crippen LogP contribution < -0.4 is 9.47 Å². The minimum Gasteiger partial charge on any atom is -0.497 e. The molecule has 1 atom stereocenters. The van der Waals surface area contributed by atoms with E-state index in [0.29, 0.717) is 34.3 Å². The molecule has 1 aromatic heterocycles. The molecule has 0 bridgehead atoms. The maximum atomic E-state index is 14.3. The third-order valence-electron chi connectivity index (χ3n) is 5.93. The number of amidine groups is 1. The van der Waals surface area contributed by atoms with Gasteiger partial charge in [-0.25, -0.2) is 0 Å². The van der Waals surface area contributed by atoms with E-state index < -0.39 is 34.8 Å². The highest BCUT2D eigenvalue weighted by Crippen LogP contribution is 2.51. The van der Waals surface area contributed by atoms with Crippen molar-refractivity contribution in [3.8, 4) is 11.5 Å². The summed E-state index contributed by atoms with van der Waals surface area (Å²) < 4.78 is 92.8. The summed E-state index contributed by atoms with van der Waals surface area (Å²) in [6, 6.07) is 14.4. The minimum absolute atomic E-state index is 0.0362. The molecule has 0 aliphatic carbocycles. The molecule has 2 aromatic carbocycles. The molecule has 0 fully saturated rings. The fourth-order valence-electron chi connectivity index (χ4n) is 3.85. The molecule has 12 heteroatoms. The van der Waals surface area contributed by atoms with Crippen LogP contribution in [0.15, 0.2) is 65.1 Å². The molecule has 2 heterocycles. The summed E-state index contributed by atoms with van der Waals surface area (Å²) >= 11 is 0.345. The van der Waals surface area contributed by atoms with E-state index in [2.05, 4.69) is 5.16 Å². The lowest BCUT2D eigenvalue weighted by Gasteiger charge is -2.29. The fraction of sp³-hybridized carbons (Fsp3) is 0.320. The smallest absolute Gasteiger partial charge is 0.436 e. The van der Waals surface area contributed by atoms with Crippen LogP contribution in [-0.4, -0.2) is 31.1 Å². The molecule has 0 saturated carbocycles. The van der Waals surface area contributed by atoms with E-state index >= 15 is 0 Å². The van der Waals surface area contributed by atoms with Crippen LogP contribution in [0.3, 0.4) is 0 Å². The highest BCUT2D eigenvalue weighted by atomic mass is 32.1. The highest BCUT2D eigenvalue weighted by Gasteiger charge is 2.64. The number of ether oxygens (including phenoxy) is 2. The lowest BCUT2D eigenvalue weighted by Crippen LogP contribution is -2.43. The molecule has 0 saturated heterocycles. The molecule has 3 aromatic rings. The van der Waals surface area contributed by atoms with Gasteiger partial charge in [0, 0.05) is 18.5 Å². The van der Waals surface area contributed by atoms with Crippen LogP contribution in [0.5, 0.6) is 11.5 Å². The Bertz CT molecular complexity index is 1190. The average molecular weight is 545 g/mol. The number of oxime groups is 1. The molecule has 1 unspecified atom stereocenters. The maximum absolute atomic E-state index is 14.3. The number of nitrogens with zero attached hydrogens (tertiary/aromatic N) is 2. The monoisotopic (exact) mass is 544 g/mol. The Balaban J connectivity index is 1.66. The van der Waals surface area contributed by atoms with Crippen molar-refractivity contribution in [2.45, 2.75) is 37.5 Å². The van der Waals surface area contributed by atoms with Crippen LogP contribution in [0.1, 0.15) is 28.0 Å². The summed E-state index contributed by atoms with van der Waals surface area (Å²) in [4.78, 5) is 5.98. The third kappa shape index (κ3) is 5.63. The van der Waals surface area contributed by atoms with Gasteiger partial charge in [0.2, 0.25) is 0 Å². The third-order valence-corrected chi connectivity index (χ3v) is 7.00. The van der Waals surface area contributed by atoms with Crippen LogP contribution >= 0.6 is 11.3 Å². The second-order valence-corrected chi connectivity index (χ2v) is 9.26. The van der Waals surface area contributed by atoms with E-state index in [4.69, 9.17) is 14.3 Å². The second kappa shape index (κ2) is 10.2. The van der Waals surface area contributed by atoms with Gasteiger partial charge in [0.15, 0.2) is 0 Å². The van der Waals surface area contributed by atoms with Crippen molar-refractivity contribution < 1.29 is 40.7 Å². The summed E-state index contributed by atoms with van der Waals surface area (Å²) in [5, 5.41) is 4.41. The van der Waals surface area contributed by atoms with E-state index in [1.807, 2.05) is 0 Å². The first-order valence-electron chi connectivity index (χ1n) is 10.9. The predicted molar refractivity (Wildman–Crippen MR) is 125 cm³/mol. The van der Waals surface area contributed by atoms with Crippen molar-refractivity contribution in [3.05, 3.63) is 81.5 Å². The van der Waals surface area contributed by atoms with Gasteiger partial charge in [-0.05, 0) is 41.5 Å². The maximum Gasteiger partial charge on any atom is 0.436 e. The summed E-state index contributed by atoms with van der Waals surface area (Å²) in [5.41, 5.74) is -2.66. The molecule has 1 aliphatic heterocycles. The molecule has 0 N–H and O–H groups in total. The molecule has 37 heavy (non-hydrogen) atoms. The molecular weight excluding hydrogens is 522 g/mol. The molecular formula is C25H22F6N2O3S. The highest BCUT2D eigenvalue weighted by molar-refractivity contribution is 7.10. The normalized spacial score (nSPS) is 17.8. The van der Waals surface area contributed by atoms with Crippen LogP contribution in [0.2, 0.25) is 0 Å². The van der Waals surface area contributed by atoms with Gasteiger partial charge in [-0.15, -0.1) is 11.3 Å². The Morgan fingerprint density at radius 2 is 1.41 bits per heavy atom. The number of benzene rings is 2. The van der Waals surface area contributed by atoms with Gasteiger partial charge in [0.05, 0.1) is 31.1 Å². The van der Waals surface area contributed by atoms with Crippen LogP contribution in [0.4, 0.5) is 26.3 Å². The van der Waals surface area contributed by atoms with Gasteiger partial charge >= 0.3 is 12.4 Å². The van der Waals surface area contributed by atoms with Crippen molar-refractivity contribution >= 4 is 17.2 Å². The zero-order valence-electron chi connectivity index (χ0n) is 19.7. The quantitative estimate of drug-likeness (QED) is 0.301. The lowest BCUT2D eigenvalue weighted by molar-refractivity contribution is -0.274. The van der Waals surface area contributed by atoms with Crippen molar-refractivity contribution in [1.29, 1.82) is 0 Å². The molecule has 0 spiro atoms. The summed E-state index contributed by atoms with van der Waals surface area (Å²) in [7, 11) is 3.03. The topological polar surface area (TPSA) is 43.3 Å². The second-order valence-electron chi connectivity index (χ2n) is 8.35. The van der Waals surface area contributed by atoms with Gasteiger partial charge in [-0.1, -0.05) is 29.4 Å². The van der Waals surface area contributed by atoms with Gasteiger partial charge in [0.1, 0.15) is 17.3 Å². The molecule has 5 nitrogen and oxygen atoms in total. The first-order chi connectivity index (χ1) is 17.4. The Hall–Kier alpha value is -3.41. The van der Waals surface area contributed by atoms with Crippen LogP contribution in [-0.2, 0) is 29.7 Å². The zero-order chi connectivity index (χ0) is 26.8. The van der Waals surface area contributed by atoms with Crippen molar-refractivity contribution in [1.82, 2.24) is 4.90 Å². The average Bonchev–Trinajstić information content (AvgIpc) is 3.53. The fourth-order valence-corrected chi connectivity index (χ4v) is 4.92. The van der Waals surface area contributed by atoms with Crippen molar-refractivity contribution in [2.75, 3.05) is 14.2 Å². The van der Waals surface area contributed by atoms with Crippen LogP contribution in [0.25, 0.3) is 0 Å². The number of rotatable bonds is 7. The number of hydrogen-bond acceptors (Lipinski definition) is 6. The number of alkyl halides is 6. The molecule has 1 aliphatic rings. The largest absolute Gasteiger partial charge is 0.497 e. The van der Waals surface area contributed by atoms with Gasteiger partial charge in [-0.3, -0.25) is 0 Å². The number of hydrogen-bond donors (Lipinski definition) is 0. The van der Waals surface area contributed by atoms with E-state index in [9.17, 15) is 26.3 Å². The first kappa shape index (κ1) is 26.6. The van der Waals surface area contributed by atoms with E-state index in [1.165, 1.54) is 14.2 Å². The molecule has 0 radical (unpaired) electrons. The Morgan fingerprint density at radius 3 is 1.81 bits per heavy atom. The summed E-state index contributed by atoms with van der Waals surface area (Å²) in [6.45, 7) is 0.342. The molecule has 0 amide bonds. The number of halogens is 6. The molecule has 198 valence electrons.